The van der Waals surface area contributed by atoms with Gasteiger partial charge in [0.15, 0.2) is 0 Å². The maximum atomic E-state index is 5.23. The Morgan fingerprint density at radius 1 is 1.50 bits per heavy atom. The number of methoxy groups -OCH3 is 1. The van der Waals surface area contributed by atoms with Crippen molar-refractivity contribution in [2.24, 2.45) is 0 Å². The van der Waals surface area contributed by atoms with Crippen LogP contribution < -0.4 is 4.74 Å². The molecule has 1 aromatic rings. The number of halogens is 1. The van der Waals surface area contributed by atoms with Gasteiger partial charge in [-0.1, -0.05) is 6.92 Å². The maximum absolute atomic E-state index is 5.23. The average molecular weight is 294 g/mol. The minimum absolute atomic E-state index is 0.974. The Morgan fingerprint density at radius 3 is 2.83 bits per heavy atom. The molecule has 66 valence electrons. The molecule has 0 radical (unpaired) electrons. The molecule has 0 amide bonds. The molecule has 1 rings (SSSR count). The van der Waals surface area contributed by atoms with Gasteiger partial charge in [-0.05, 0) is 46.5 Å². The minimum atomic E-state index is 0.974. The van der Waals surface area contributed by atoms with Crippen LogP contribution in [0.3, 0.4) is 0 Å². The minimum Gasteiger partial charge on any atom is -0.496 e. The average Bonchev–Trinajstić information content (AvgIpc) is 2.05. The van der Waals surface area contributed by atoms with Gasteiger partial charge in [0, 0.05) is 3.57 Å². The highest BCUT2D eigenvalue weighted by Crippen LogP contribution is 2.30. The zero-order valence-corrected chi connectivity index (χ0v) is 10.1. The number of hydrogen-bond acceptors (Lipinski definition) is 2. The van der Waals surface area contributed by atoms with Crippen molar-refractivity contribution in [3.8, 4) is 5.75 Å². The van der Waals surface area contributed by atoms with Gasteiger partial charge >= 0.3 is 0 Å². The fourth-order valence-corrected chi connectivity index (χ4v) is 2.44. The monoisotopic (exact) mass is 294 g/mol. The van der Waals surface area contributed by atoms with E-state index in [-0.39, 0.29) is 0 Å². The van der Waals surface area contributed by atoms with Crippen molar-refractivity contribution in [3.63, 3.8) is 0 Å². The highest BCUT2D eigenvalue weighted by molar-refractivity contribution is 14.1. The van der Waals surface area contributed by atoms with Crippen LogP contribution >= 0.6 is 34.4 Å². The van der Waals surface area contributed by atoms with Gasteiger partial charge in [-0.15, -0.1) is 11.8 Å². The Morgan fingerprint density at radius 2 is 2.25 bits per heavy atom. The SMILES string of the molecule is CCSc1cc(I)ccc1OC. The lowest BCUT2D eigenvalue weighted by Crippen LogP contribution is -1.86. The zero-order valence-electron chi connectivity index (χ0n) is 7.13. The highest BCUT2D eigenvalue weighted by atomic mass is 127. The maximum Gasteiger partial charge on any atom is 0.132 e. The van der Waals surface area contributed by atoms with Crippen LogP contribution in [-0.2, 0) is 0 Å². The molecular formula is C9H11IOS. The lowest BCUT2D eigenvalue weighted by atomic mass is 10.3. The van der Waals surface area contributed by atoms with Gasteiger partial charge in [0.1, 0.15) is 5.75 Å². The summed E-state index contributed by atoms with van der Waals surface area (Å²) in [5.41, 5.74) is 0. The first-order valence-corrected chi connectivity index (χ1v) is 5.80. The quantitative estimate of drug-likeness (QED) is 0.624. The van der Waals surface area contributed by atoms with Gasteiger partial charge in [0.05, 0.1) is 12.0 Å². The predicted molar refractivity (Wildman–Crippen MR) is 62.1 cm³/mol. The van der Waals surface area contributed by atoms with Crippen LogP contribution in [0, 0.1) is 3.57 Å². The van der Waals surface area contributed by atoms with Crippen LogP contribution in [-0.4, -0.2) is 12.9 Å². The van der Waals surface area contributed by atoms with E-state index in [0.717, 1.165) is 11.5 Å². The van der Waals surface area contributed by atoms with Gasteiger partial charge in [-0.25, -0.2) is 0 Å². The molecule has 0 bridgehead atoms. The molecule has 1 nitrogen and oxygen atoms in total. The molecule has 1 aromatic carbocycles. The van der Waals surface area contributed by atoms with Gasteiger partial charge in [-0.2, -0.15) is 0 Å². The van der Waals surface area contributed by atoms with Gasteiger partial charge in [0.25, 0.3) is 0 Å². The Hall–Kier alpha value is 0.1000. The first-order chi connectivity index (χ1) is 5.77. The molecule has 0 heterocycles. The second-order valence-corrected chi connectivity index (χ2v) is 4.78. The Balaban J connectivity index is 2.95. The zero-order chi connectivity index (χ0) is 8.97. The number of ether oxygens (including phenoxy) is 1. The smallest absolute Gasteiger partial charge is 0.132 e. The topological polar surface area (TPSA) is 9.23 Å². The van der Waals surface area contributed by atoms with E-state index in [0.29, 0.717) is 0 Å². The molecule has 0 saturated heterocycles. The molecule has 0 aromatic heterocycles. The first kappa shape index (κ1) is 10.2. The van der Waals surface area contributed by atoms with Crippen molar-refractivity contribution in [2.75, 3.05) is 12.9 Å². The number of thioether (sulfide) groups is 1. The molecule has 0 spiro atoms. The van der Waals surface area contributed by atoms with E-state index in [9.17, 15) is 0 Å². The van der Waals surface area contributed by atoms with E-state index in [4.69, 9.17) is 4.74 Å². The third kappa shape index (κ3) is 2.55. The summed E-state index contributed by atoms with van der Waals surface area (Å²) in [7, 11) is 1.71. The standard InChI is InChI=1S/C9H11IOS/c1-3-12-9-6-7(10)4-5-8(9)11-2/h4-6H,3H2,1-2H3. The molecule has 0 saturated carbocycles. The molecule has 12 heavy (non-hydrogen) atoms. The summed E-state index contributed by atoms with van der Waals surface area (Å²) < 4.78 is 6.48. The van der Waals surface area contributed by atoms with Gasteiger partial charge in [-0.3, -0.25) is 0 Å². The van der Waals surface area contributed by atoms with E-state index >= 15 is 0 Å². The number of benzene rings is 1. The van der Waals surface area contributed by atoms with Crippen molar-refractivity contribution < 1.29 is 4.74 Å². The summed E-state index contributed by atoms with van der Waals surface area (Å²) >= 11 is 4.12. The lowest BCUT2D eigenvalue weighted by molar-refractivity contribution is 0.404. The van der Waals surface area contributed by atoms with Gasteiger partial charge in [0.2, 0.25) is 0 Å². The molecule has 0 N–H and O–H groups in total. The normalized spacial score (nSPS) is 9.92. The predicted octanol–water partition coefficient (Wildman–Crippen LogP) is 3.41. The molecule has 0 aliphatic heterocycles. The first-order valence-electron chi connectivity index (χ1n) is 3.74. The third-order valence-corrected chi connectivity index (χ3v) is 3.02. The van der Waals surface area contributed by atoms with Gasteiger partial charge < -0.3 is 4.74 Å². The van der Waals surface area contributed by atoms with Crippen LogP contribution in [0.5, 0.6) is 5.75 Å². The molecule has 0 fully saturated rings. The van der Waals surface area contributed by atoms with Crippen molar-refractivity contribution >= 4 is 34.4 Å². The van der Waals surface area contributed by atoms with Crippen LogP contribution in [0.15, 0.2) is 23.1 Å². The Kier molecular flexibility index (Phi) is 4.21. The molecule has 0 unspecified atom stereocenters. The molecular weight excluding hydrogens is 283 g/mol. The Labute approximate surface area is 91.0 Å². The van der Waals surface area contributed by atoms with E-state index in [1.54, 1.807) is 7.11 Å². The summed E-state index contributed by atoms with van der Waals surface area (Å²) in [6.45, 7) is 2.14. The molecule has 0 aliphatic rings. The summed E-state index contributed by atoms with van der Waals surface area (Å²) in [5, 5.41) is 0. The van der Waals surface area contributed by atoms with E-state index < -0.39 is 0 Å². The second-order valence-electron chi connectivity index (χ2n) is 2.23. The summed E-state index contributed by atoms with van der Waals surface area (Å²) in [5.74, 6) is 2.05. The molecule has 3 heteroatoms. The van der Waals surface area contributed by atoms with Crippen molar-refractivity contribution in [1.82, 2.24) is 0 Å². The number of hydrogen-bond donors (Lipinski definition) is 0. The summed E-state index contributed by atoms with van der Waals surface area (Å²) in [4.78, 5) is 1.23. The fourth-order valence-electron chi connectivity index (χ4n) is 0.919. The van der Waals surface area contributed by atoms with E-state index in [2.05, 4.69) is 41.6 Å². The van der Waals surface area contributed by atoms with Crippen LogP contribution in [0.1, 0.15) is 6.92 Å². The van der Waals surface area contributed by atoms with E-state index in [1.165, 1.54) is 8.47 Å². The number of rotatable bonds is 3. The van der Waals surface area contributed by atoms with Crippen LogP contribution in [0.4, 0.5) is 0 Å². The fraction of sp³-hybridized carbons (Fsp3) is 0.333. The highest BCUT2D eigenvalue weighted by Gasteiger charge is 2.01. The van der Waals surface area contributed by atoms with E-state index in [1.807, 2.05) is 17.8 Å². The van der Waals surface area contributed by atoms with Crippen molar-refractivity contribution in [2.45, 2.75) is 11.8 Å². The molecule has 0 atom stereocenters. The van der Waals surface area contributed by atoms with Crippen LogP contribution in [0.2, 0.25) is 0 Å². The summed E-state index contributed by atoms with van der Waals surface area (Å²) in [6.07, 6.45) is 0. The second kappa shape index (κ2) is 4.97. The largest absolute Gasteiger partial charge is 0.496 e. The third-order valence-electron chi connectivity index (χ3n) is 1.43. The molecule has 0 aliphatic carbocycles. The summed E-state index contributed by atoms with van der Waals surface area (Å²) in [6, 6.07) is 6.21. The Bertz CT molecular complexity index is 263. The van der Waals surface area contributed by atoms with Crippen LogP contribution in [0.25, 0.3) is 0 Å². The van der Waals surface area contributed by atoms with Crippen molar-refractivity contribution in [3.05, 3.63) is 21.8 Å². The lowest BCUT2D eigenvalue weighted by Gasteiger charge is -2.06. The van der Waals surface area contributed by atoms with Crippen molar-refractivity contribution in [1.29, 1.82) is 0 Å².